The SMILES string of the molecule is Cc1nc(N2C[C@@H](Nc3cnc[nH]3)C[C@H]2C(=O)O)c2oc3ccccc3c2n1. The van der Waals surface area contributed by atoms with Crippen molar-refractivity contribution in [1.29, 1.82) is 0 Å². The van der Waals surface area contributed by atoms with E-state index in [1.807, 2.05) is 24.3 Å². The molecule has 0 bridgehead atoms. The number of aromatic nitrogens is 4. The quantitative estimate of drug-likeness (QED) is 0.495. The fraction of sp³-hybridized carbons (Fsp3) is 0.263. The molecule has 0 aliphatic carbocycles. The molecule has 4 aromatic rings. The first kappa shape index (κ1) is 16.5. The number of hydrogen-bond acceptors (Lipinski definition) is 7. The number of aromatic amines is 1. The summed E-state index contributed by atoms with van der Waals surface area (Å²) in [5.41, 5.74) is 1.92. The number of anilines is 2. The number of benzene rings is 1. The Hall–Kier alpha value is -3.62. The van der Waals surface area contributed by atoms with Crippen molar-refractivity contribution in [2.24, 2.45) is 0 Å². The van der Waals surface area contributed by atoms with E-state index in [0.717, 1.165) is 11.2 Å². The first-order chi connectivity index (χ1) is 13.6. The average molecular weight is 378 g/mol. The van der Waals surface area contributed by atoms with Crippen LogP contribution in [0.5, 0.6) is 0 Å². The van der Waals surface area contributed by atoms with Crippen LogP contribution in [0, 0.1) is 6.92 Å². The molecule has 4 heterocycles. The Morgan fingerprint density at radius 3 is 3.00 bits per heavy atom. The summed E-state index contributed by atoms with van der Waals surface area (Å²) in [6.45, 7) is 2.27. The predicted molar refractivity (Wildman–Crippen MR) is 103 cm³/mol. The van der Waals surface area contributed by atoms with E-state index in [2.05, 4.69) is 25.3 Å². The summed E-state index contributed by atoms with van der Waals surface area (Å²) < 4.78 is 6.02. The molecule has 1 fully saturated rings. The smallest absolute Gasteiger partial charge is 0.326 e. The summed E-state index contributed by atoms with van der Waals surface area (Å²) in [5, 5.41) is 14.0. The van der Waals surface area contributed by atoms with Crippen LogP contribution in [0.15, 0.2) is 41.2 Å². The van der Waals surface area contributed by atoms with E-state index in [1.54, 1.807) is 24.3 Å². The van der Waals surface area contributed by atoms with Crippen molar-refractivity contribution in [1.82, 2.24) is 19.9 Å². The number of H-pyrrole nitrogens is 1. The molecule has 142 valence electrons. The fourth-order valence-electron chi connectivity index (χ4n) is 3.84. The van der Waals surface area contributed by atoms with Gasteiger partial charge in [-0.3, -0.25) is 0 Å². The van der Waals surface area contributed by atoms with Crippen LogP contribution in [0.1, 0.15) is 12.2 Å². The minimum atomic E-state index is -0.894. The Morgan fingerprint density at radius 2 is 2.21 bits per heavy atom. The van der Waals surface area contributed by atoms with E-state index in [-0.39, 0.29) is 6.04 Å². The first-order valence-corrected chi connectivity index (χ1v) is 9.00. The molecule has 3 aromatic heterocycles. The molecule has 0 spiro atoms. The Labute approximate surface area is 159 Å². The van der Waals surface area contributed by atoms with Gasteiger partial charge in [0.1, 0.15) is 28.8 Å². The second-order valence-corrected chi connectivity index (χ2v) is 6.92. The van der Waals surface area contributed by atoms with Crippen molar-refractivity contribution < 1.29 is 14.3 Å². The van der Waals surface area contributed by atoms with Crippen LogP contribution in [-0.4, -0.2) is 49.6 Å². The normalized spacial score (nSPS) is 19.5. The van der Waals surface area contributed by atoms with Gasteiger partial charge in [-0.1, -0.05) is 12.1 Å². The topological polar surface area (TPSA) is 120 Å². The molecular weight excluding hydrogens is 360 g/mol. The summed E-state index contributed by atoms with van der Waals surface area (Å²) >= 11 is 0. The van der Waals surface area contributed by atoms with Gasteiger partial charge in [0.2, 0.25) is 0 Å². The van der Waals surface area contributed by atoms with Gasteiger partial charge in [-0.2, -0.15) is 0 Å². The number of para-hydroxylation sites is 1. The van der Waals surface area contributed by atoms with E-state index in [0.29, 0.717) is 41.3 Å². The van der Waals surface area contributed by atoms with Crippen LogP contribution >= 0.6 is 0 Å². The number of fused-ring (bicyclic) bond motifs is 3. The van der Waals surface area contributed by atoms with E-state index in [1.165, 1.54) is 0 Å². The Balaban J connectivity index is 1.60. The molecular formula is C19H18N6O3. The molecule has 3 N–H and O–H groups in total. The molecule has 0 saturated carbocycles. The van der Waals surface area contributed by atoms with Gasteiger partial charge >= 0.3 is 5.97 Å². The zero-order chi connectivity index (χ0) is 19.3. The third-order valence-corrected chi connectivity index (χ3v) is 5.03. The van der Waals surface area contributed by atoms with Crippen LogP contribution < -0.4 is 10.2 Å². The van der Waals surface area contributed by atoms with E-state index < -0.39 is 12.0 Å². The average Bonchev–Trinajstić information content (AvgIpc) is 3.40. The number of aliphatic carboxylic acids is 1. The van der Waals surface area contributed by atoms with Crippen molar-refractivity contribution in [2.45, 2.75) is 25.4 Å². The highest BCUT2D eigenvalue weighted by Gasteiger charge is 2.39. The summed E-state index contributed by atoms with van der Waals surface area (Å²) in [6, 6.07) is 6.85. The highest BCUT2D eigenvalue weighted by atomic mass is 16.4. The van der Waals surface area contributed by atoms with Crippen LogP contribution in [0.4, 0.5) is 11.6 Å². The summed E-state index contributed by atoms with van der Waals surface area (Å²) in [6.07, 6.45) is 3.68. The lowest BCUT2D eigenvalue weighted by atomic mass is 10.1. The van der Waals surface area contributed by atoms with Gasteiger partial charge in [-0.25, -0.2) is 19.7 Å². The lowest BCUT2D eigenvalue weighted by Crippen LogP contribution is -2.37. The maximum atomic E-state index is 12.0. The Bertz CT molecular complexity index is 1170. The predicted octanol–water partition coefficient (Wildman–Crippen LogP) is 2.55. The number of imidazole rings is 1. The first-order valence-electron chi connectivity index (χ1n) is 9.00. The Morgan fingerprint density at radius 1 is 1.36 bits per heavy atom. The molecule has 28 heavy (non-hydrogen) atoms. The zero-order valence-corrected chi connectivity index (χ0v) is 15.1. The number of hydrogen-bond donors (Lipinski definition) is 3. The van der Waals surface area contributed by atoms with Gasteiger partial charge in [-0.05, 0) is 19.1 Å². The van der Waals surface area contributed by atoms with E-state index >= 15 is 0 Å². The molecule has 0 radical (unpaired) electrons. The second kappa shape index (κ2) is 6.22. The minimum Gasteiger partial charge on any atom is -0.480 e. The standard InChI is InChI=1S/C19H18N6O3/c1-10-22-16-12-4-2-3-5-14(12)28-17(16)18(23-10)25-8-11(6-13(25)19(26)27)24-15-7-20-9-21-15/h2-5,7,9,11,13,24H,6,8H2,1H3,(H,20,21)(H,26,27)/t11-,13-/m0/s1. The van der Waals surface area contributed by atoms with Gasteiger partial charge in [-0.15, -0.1) is 0 Å². The van der Waals surface area contributed by atoms with E-state index in [4.69, 9.17) is 4.42 Å². The van der Waals surface area contributed by atoms with Crippen molar-refractivity contribution in [3.05, 3.63) is 42.6 Å². The summed E-state index contributed by atoms with van der Waals surface area (Å²) in [4.78, 5) is 29.8. The molecule has 1 aliphatic rings. The maximum Gasteiger partial charge on any atom is 0.326 e. The molecule has 0 amide bonds. The number of carboxylic acid groups (broad SMARTS) is 1. The van der Waals surface area contributed by atoms with Crippen molar-refractivity contribution >= 4 is 39.7 Å². The number of carbonyl (C=O) groups is 1. The van der Waals surface area contributed by atoms with Gasteiger partial charge in [0, 0.05) is 24.4 Å². The lowest BCUT2D eigenvalue weighted by Gasteiger charge is -2.22. The van der Waals surface area contributed by atoms with Crippen molar-refractivity contribution in [2.75, 3.05) is 16.8 Å². The van der Waals surface area contributed by atoms with Crippen molar-refractivity contribution in [3.63, 3.8) is 0 Å². The monoisotopic (exact) mass is 378 g/mol. The van der Waals surface area contributed by atoms with Crippen LogP contribution in [-0.2, 0) is 4.79 Å². The number of nitrogens with zero attached hydrogens (tertiary/aromatic N) is 4. The molecule has 2 atom stereocenters. The third-order valence-electron chi connectivity index (χ3n) is 5.03. The molecule has 0 unspecified atom stereocenters. The number of carboxylic acids is 1. The van der Waals surface area contributed by atoms with Crippen LogP contribution in [0.2, 0.25) is 0 Å². The molecule has 9 nitrogen and oxygen atoms in total. The molecule has 5 rings (SSSR count). The minimum absolute atomic E-state index is 0.0729. The van der Waals surface area contributed by atoms with Crippen LogP contribution in [0.3, 0.4) is 0 Å². The van der Waals surface area contributed by atoms with E-state index in [9.17, 15) is 9.90 Å². The summed E-state index contributed by atoms with van der Waals surface area (Å²) in [5.74, 6) is 0.946. The van der Waals surface area contributed by atoms with Gasteiger partial charge in [0.25, 0.3) is 0 Å². The Kier molecular flexibility index (Phi) is 3.68. The molecule has 9 heteroatoms. The largest absolute Gasteiger partial charge is 0.480 e. The number of nitrogens with one attached hydrogen (secondary N) is 2. The maximum absolute atomic E-state index is 12.0. The molecule has 1 saturated heterocycles. The van der Waals surface area contributed by atoms with Crippen molar-refractivity contribution in [3.8, 4) is 0 Å². The number of furan rings is 1. The second-order valence-electron chi connectivity index (χ2n) is 6.92. The third kappa shape index (κ3) is 2.63. The highest BCUT2D eigenvalue weighted by molar-refractivity contribution is 6.06. The van der Waals surface area contributed by atoms with Gasteiger partial charge in [0.05, 0.1) is 12.5 Å². The number of aryl methyl sites for hydroxylation is 1. The molecule has 1 aliphatic heterocycles. The lowest BCUT2D eigenvalue weighted by molar-refractivity contribution is -0.138. The highest BCUT2D eigenvalue weighted by Crippen LogP contribution is 2.36. The van der Waals surface area contributed by atoms with Gasteiger partial charge < -0.3 is 24.7 Å². The fourth-order valence-corrected chi connectivity index (χ4v) is 3.84. The van der Waals surface area contributed by atoms with Gasteiger partial charge in [0.15, 0.2) is 11.4 Å². The zero-order valence-electron chi connectivity index (χ0n) is 15.1. The summed E-state index contributed by atoms with van der Waals surface area (Å²) in [7, 11) is 0. The van der Waals surface area contributed by atoms with Crippen LogP contribution in [0.25, 0.3) is 22.1 Å². The molecule has 1 aromatic carbocycles. The number of rotatable bonds is 4.